The van der Waals surface area contributed by atoms with Gasteiger partial charge in [0.05, 0.1) is 5.41 Å². The molecule has 0 radical (unpaired) electrons. The minimum absolute atomic E-state index is 0.119. The van der Waals surface area contributed by atoms with Gasteiger partial charge in [0.25, 0.3) is 0 Å². The fourth-order valence-corrected chi connectivity index (χ4v) is 1.65. The van der Waals surface area contributed by atoms with E-state index in [1.807, 2.05) is 65.2 Å². The van der Waals surface area contributed by atoms with E-state index in [1.54, 1.807) is 0 Å². The van der Waals surface area contributed by atoms with E-state index in [9.17, 15) is 4.79 Å². The average molecular weight is 263 g/mol. The maximum absolute atomic E-state index is 12.1. The molecule has 0 spiro atoms. The van der Waals surface area contributed by atoms with Gasteiger partial charge in [-0.1, -0.05) is 30.3 Å². The Morgan fingerprint density at radius 3 is 2.11 bits per heavy atom. The highest BCUT2D eigenvalue weighted by Crippen LogP contribution is 2.27. The monoisotopic (exact) mass is 263 g/mol. The molecule has 106 valence electrons. The van der Waals surface area contributed by atoms with E-state index in [0.29, 0.717) is 0 Å². The molecule has 0 aliphatic carbocycles. The van der Waals surface area contributed by atoms with Crippen LogP contribution in [0.1, 0.15) is 39.4 Å². The lowest BCUT2D eigenvalue weighted by atomic mass is 9.96. The molecule has 1 aromatic rings. The van der Waals surface area contributed by atoms with Crippen molar-refractivity contribution < 1.29 is 9.53 Å². The van der Waals surface area contributed by atoms with Gasteiger partial charge in [-0.15, -0.1) is 0 Å². The molecule has 1 rings (SSSR count). The van der Waals surface area contributed by atoms with E-state index < -0.39 is 5.41 Å². The summed E-state index contributed by atoms with van der Waals surface area (Å²) in [5.41, 5.74) is 0.542. The summed E-state index contributed by atoms with van der Waals surface area (Å²) >= 11 is 0. The molecular formula is C16H25NO2. The second kappa shape index (κ2) is 6.20. The number of hydrogen-bond donors (Lipinski definition) is 0. The Morgan fingerprint density at radius 1 is 1.16 bits per heavy atom. The first-order valence-electron chi connectivity index (χ1n) is 6.66. The standard InChI is InChI=1S/C16H25NO2/c1-12(17(5)6)14(13-10-8-7-9-11-13)19-15(18)16(2,3)4/h7-12,14H,1-6H3. The number of rotatable bonds is 4. The van der Waals surface area contributed by atoms with Crippen LogP contribution in [-0.2, 0) is 9.53 Å². The molecule has 2 unspecified atom stereocenters. The molecule has 0 aliphatic rings. The van der Waals surface area contributed by atoms with Crippen LogP contribution in [0.2, 0.25) is 0 Å². The molecule has 0 bridgehead atoms. The van der Waals surface area contributed by atoms with Gasteiger partial charge in [0.2, 0.25) is 0 Å². The van der Waals surface area contributed by atoms with Gasteiger partial charge in [0, 0.05) is 6.04 Å². The molecule has 19 heavy (non-hydrogen) atoms. The third-order valence-corrected chi connectivity index (χ3v) is 3.23. The quantitative estimate of drug-likeness (QED) is 0.781. The number of hydrogen-bond acceptors (Lipinski definition) is 3. The van der Waals surface area contributed by atoms with Crippen molar-refractivity contribution in [1.82, 2.24) is 4.90 Å². The SMILES string of the molecule is CC(C(OC(=O)C(C)(C)C)c1ccccc1)N(C)C. The lowest BCUT2D eigenvalue weighted by Crippen LogP contribution is -2.36. The summed E-state index contributed by atoms with van der Waals surface area (Å²) in [6, 6.07) is 10.0. The van der Waals surface area contributed by atoms with E-state index in [0.717, 1.165) is 5.56 Å². The first-order chi connectivity index (χ1) is 8.73. The predicted octanol–water partition coefficient (Wildman–Crippen LogP) is 3.27. The van der Waals surface area contributed by atoms with Crippen molar-refractivity contribution in [2.75, 3.05) is 14.1 Å². The molecule has 3 nitrogen and oxygen atoms in total. The molecule has 0 aromatic heterocycles. The van der Waals surface area contributed by atoms with Crippen LogP contribution >= 0.6 is 0 Å². The van der Waals surface area contributed by atoms with E-state index in [2.05, 4.69) is 11.8 Å². The molecule has 0 amide bonds. The molecule has 3 heteroatoms. The summed E-state index contributed by atoms with van der Waals surface area (Å²) in [6.45, 7) is 7.68. The Balaban J connectivity index is 2.98. The Morgan fingerprint density at radius 2 is 1.68 bits per heavy atom. The second-order valence-electron chi connectivity index (χ2n) is 6.19. The number of carbonyl (C=O) groups excluding carboxylic acids is 1. The third kappa shape index (κ3) is 4.35. The van der Waals surface area contributed by atoms with E-state index in [4.69, 9.17) is 4.74 Å². The van der Waals surface area contributed by atoms with Crippen molar-refractivity contribution in [1.29, 1.82) is 0 Å². The summed E-state index contributed by atoms with van der Waals surface area (Å²) < 4.78 is 5.74. The second-order valence-corrected chi connectivity index (χ2v) is 6.19. The zero-order valence-corrected chi connectivity index (χ0v) is 12.8. The lowest BCUT2D eigenvalue weighted by molar-refractivity contribution is -0.162. The molecule has 0 saturated heterocycles. The Bertz CT molecular complexity index is 407. The smallest absolute Gasteiger partial charge is 0.311 e. The zero-order valence-electron chi connectivity index (χ0n) is 12.8. The predicted molar refractivity (Wildman–Crippen MR) is 77.9 cm³/mol. The van der Waals surface area contributed by atoms with Gasteiger partial charge >= 0.3 is 5.97 Å². The number of benzene rings is 1. The molecule has 2 atom stereocenters. The Kier molecular flexibility index (Phi) is 5.12. The van der Waals surface area contributed by atoms with Gasteiger partial charge < -0.3 is 9.64 Å². The highest BCUT2D eigenvalue weighted by Gasteiger charge is 2.30. The molecule has 1 aromatic carbocycles. The van der Waals surface area contributed by atoms with Gasteiger partial charge in [0.1, 0.15) is 6.10 Å². The number of likely N-dealkylation sites (N-methyl/N-ethyl adjacent to an activating group) is 1. The van der Waals surface area contributed by atoms with E-state index in [-0.39, 0.29) is 18.1 Å². The van der Waals surface area contributed by atoms with Crippen LogP contribution in [0.5, 0.6) is 0 Å². The first-order valence-corrected chi connectivity index (χ1v) is 6.66. The van der Waals surface area contributed by atoms with Crippen LogP contribution in [-0.4, -0.2) is 31.0 Å². The Hall–Kier alpha value is -1.35. The normalized spacial score (nSPS) is 15.1. The zero-order chi connectivity index (χ0) is 14.6. The van der Waals surface area contributed by atoms with Crippen LogP contribution in [0.3, 0.4) is 0 Å². The van der Waals surface area contributed by atoms with Crippen LogP contribution in [0.15, 0.2) is 30.3 Å². The van der Waals surface area contributed by atoms with Gasteiger partial charge in [-0.05, 0) is 47.4 Å². The van der Waals surface area contributed by atoms with Crippen LogP contribution in [0.4, 0.5) is 0 Å². The molecule has 0 fully saturated rings. The minimum atomic E-state index is -0.487. The molecule has 0 N–H and O–H groups in total. The van der Waals surface area contributed by atoms with Crippen molar-refractivity contribution in [3.63, 3.8) is 0 Å². The summed E-state index contributed by atoms with van der Waals surface area (Å²) in [6.07, 6.45) is -0.247. The highest BCUT2D eigenvalue weighted by molar-refractivity contribution is 5.75. The molecule has 0 aliphatic heterocycles. The van der Waals surface area contributed by atoms with E-state index in [1.165, 1.54) is 0 Å². The van der Waals surface area contributed by atoms with E-state index >= 15 is 0 Å². The third-order valence-electron chi connectivity index (χ3n) is 3.23. The summed E-state index contributed by atoms with van der Waals surface area (Å²) in [7, 11) is 3.98. The van der Waals surface area contributed by atoms with Crippen molar-refractivity contribution in [3.8, 4) is 0 Å². The maximum atomic E-state index is 12.1. The van der Waals surface area contributed by atoms with Crippen molar-refractivity contribution >= 4 is 5.97 Å². The summed E-state index contributed by atoms with van der Waals surface area (Å²) in [4.78, 5) is 14.2. The topological polar surface area (TPSA) is 29.5 Å². The highest BCUT2D eigenvalue weighted by atomic mass is 16.5. The first kappa shape index (κ1) is 15.7. The molecule has 0 saturated carbocycles. The van der Waals surface area contributed by atoms with Gasteiger partial charge in [-0.2, -0.15) is 0 Å². The number of esters is 1. The van der Waals surface area contributed by atoms with Crippen LogP contribution < -0.4 is 0 Å². The van der Waals surface area contributed by atoms with Gasteiger partial charge in [0.15, 0.2) is 0 Å². The minimum Gasteiger partial charge on any atom is -0.455 e. The average Bonchev–Trinajstić information content (AvgIpc) is 2.34. The maximum Gasteiger partial charge on any atom is 0.311 e. The van der Waals surface area contributed by atoms with Gasteiger partial charge in [-0.3, -0.25) is 4.79 Å². The van der Waals surface area contributed by atoms with Gasteiger partial charge in [-0.25, -0.2) is 0 Å². The van der Waals surface area contributed by atoms with Crippen LogP contribution in [0, 0.1) is 5.41 Å². The number of carbonyl (C=O) groups is 1. The summed E-state index contributed by atoms with van der Waals surface area (Å²) in [5, 5.41) is 0. The molecule has 0 heterocycles. The van der Waals surface area contributed by atoms with Crippen molar-refractivity contribution in [3.05, 3.63) is 35.9 Å². The largest absolute Gasteiger partial charge is 0.455 e. The molecular weight excluding hydrogens is 238 g/mol. The fourth-order valence-electron chi connectivity index (χ4n) is 1.65. The van der Waals surface area contributed by atoms with Crippen molar-refractivity contribution in [2.45, 2.75) is 39.8 Å². The number of nitrogens with zero attached hydrogens (tertiary/aromatic N) is 1. The number of ether oxygens (including phenoxy) is 1. The lowest BCUT2D eigenvalue weighted by Gasteiger charge is -2.31. The fraction of sp³-hybridized carbons (Fsp3) is 0.562. The van der Waals surface area contributed by atoms with Crippen molar-refractivity contribution in [2.24, 2.45) is 5.41 Å². The Labute approximate surface area is 116 Å². The van der Waals surface area contributed by atoms with Crippen LogP contribution in [0.25, 0.3) is 0 Å². The summed E-state index contributed by atoms with van der Waals surface area (Å²) in [5.74, 6) is -0.171.